The Kier molecular flexibility index (Phi) is 3.32. The highest BCUT2D eigenvalue weighted by atomic mass is 32.1. The summed E-state index contributed by atoms with van der Waals surface area (Å²) in [5.74, 6) is 0. The third-order valence-electron chi connectivity index (χ3n) is 4.92. The lowest BCUT2D eigenvalue weighted by molar-refractivity contribution is 0.112. The Morgan fingerprint density at radius 3 is 2.24 bits per heavy atom. The molecule has 1 heterocycles. The van der Waals surface area contributed by atoms with Crippen LogP contribution in [-0.2, 0) is 10.8 Å². The van der Waals surface area contributed by atoms with E-state index in [1.54, 1.807) is 0 Å². The molecule has 110 valence electrons. The van der Waals surface area contributed by atoms with Crippen LogP contribution in [0.5, 0.6) is 0 Å². The molecule has 2 aromatic rings. The Morgan fingerprint density at radius 2 is 1.62 bits per heavy atom. The monoisotopic (exact) mass is 298 g/mol. The molecule has 0 fully saturated rings. The van der Waals surface area contributed by atoms with E-state index in [1.807, 2.05) is 6.07 Å². The second kappa shape index (κ2) is 4.81. The molecule has 0 saturated carbocycles. The van der Waals surface area contributed by atoms with Gasteiger partial charge in [0.1, 0.15) is 0 Å². The summed E-state index contributed by atoms with van der Waals surface area (Å²) in [4.78, 5) is 11.7. The van der Waals surface area contributed by atoms with Crippen molar-refractivity contribution in [3.05, 3.63) is 45.6 Å². The van der Waals surface area contributed by atoms with Crippen LogP contribution in [0.1, 0.15) is 61.3 Å². The van der Waals surface area contributed by atoms with Crippen molar-refractivity contribution in [3.8, 4) is 11.1 Å². The number of aldehydes is 1. The zero-order valence-corrected chi connectivity index (χ0v) is 14.0. The third kappa shape index (κ3) is 2.46. The van der Waals surface area contributed by atoms with E-state index >= 15 is 0 Å². The van der Waals surface area contributed by atoms with E-state index in [1.165, 1.54) is 40.9 Å². The molecule has 0 unspecified atom stereocenters. The quantitative estimate of drug-likeness (QED) is 0.662. The smallest absolute Gasteiger partial charge is 0.160 e. The van der Waals surface area contributed by atoms with Crippen molar-refractivity contribution in [2.45, 2.75) is 51.4 Å². The van der Waals surface area contributed by atoms with E-state index in [0.717, 1.165) is 16.7 Å². The summed E-state index contributed by atoms with van der Waals surface area (Å²) >= 11 is 1.51. The first-order valence-electron chi connectivity index (χ1n) is 7.53. The van der Waals surface area contributed by atoms with Crippen molar-refractivity contribution in [2.24, 2.45) is 0 Å². The van der Waals surface area contributed by atoms with Gasteiger partial charge in [0.15, 0.2) is 6.29 Å². The number of carbonyl (C=O) groups excluding carboxylic acids is 1. The highest BCUT2D eigenvalue weighted by Crippen LogP contribution is 2.46. The van der Waals surface area contributed by atoms with Crippen LogP contribution in [0, 0.1) is 0 Å². The Labute approximate surface area is 131 Å². The van der Waals surface area contributed by atoms with Gasteiger partial charge in [0.2, 0.25) is 0 Å². The second-order valence-electron chi connectivity index (χ2n) is 7.38. The Bertz CT molecular complexity index is 691. The SMILES string of the molecule is CC1(C)CCC(C)(C)c2cc(-c3csc(C=O)c3)ccc21. The van der Waals surface area contributed by atoms with Crippen LogP contribution < -0.4 is 0 Å². The van der Waals surface area contributed by atoms with Gasteiger partial charge in [-0.15, -0.1) is 11.3 Å². The summed E-state index contributed by atoms with van der Waals surface area (Å²) < 4.78 is 0. The molecule has 3 rings (SSSR count). The summed E-state index contributed by atoms with van der Waals surface area (Å²) in [5.41, 5.74) is 5.81. The number of fused-ring (bicyclic) bond motifs is 1. The van der Waals surface area contributed by atoms with Crippen molar-refractivity contribution in [1.82, 2.24) is 0 Å². The predicted octanol–water partition coefficient (Wildman–Crippen LogP) is 5.58. The second-order valence-corrected chi connectivity index (χ2v) is 8.33. The zero-order chi connectivity index (χ0) is 15.3. The maximum Gasteiger partial charge on any atom is 0.160 e. The first-order chi connectivity index (χ1) is 9.83. The molecule has 1 aromatic heterocycles. The summed E-state index contributed by atoms with van der Waals surface area (Å²) in [6, 6.07) is 8.83. The summed E-state index contributed by atoms with van der Waals surface area (Å²) in [5, 5.41) is 2.08. The molecule has 0 spiro atoms. The van der Waals surface area contributed by atoms with Crippen LogP contribution >= 0.6 is 11.3 Å². The highest BCUT2D eigenvalue weighted by Gasteiger charge is 2.36. The molecule has 0 N–H and O–H groups in total. The fourth-order valence-corrected chi connectivity index (χ4v) is 4.05. The molecule has 0 amide bonds. The maximum absolute atomic E-state index is 10.9. The number of hydrogen-bond acceptors (Lipinski definition) is 2. The zero-order valence-electron chi connectivity index (χ0n) is 13.2. The molecule has 0 bridgehead atoms. The largest absolute Gasteiger partial charge is 0.297 e. The normalized spacial score (nSPS) is 19.0. The summed E-state index contributed by atoms with van der Waals surface area (Å²) in [7, 11) is 0. The molecule has 1 nitrogen and oxygen atoms in total. The average Bonchev–Trinajstić information content (AvgIpc) is 2.93. The summed E-state index contributed by atoms with van der Waals surface area (Å²) in [6.45, 7) is 9.37. The molecule has 2 heteroatoms. The fraction of sp³-hybridized carbons (Fsp3) is 0.421. The van der Waals surface area contributed by atoms with Gasteiger partial charge >= 0.3 is 0 Å². The van der Waals surface area contributed by atoms with E-state index < -0.39 is 0 Å². The van der Waals surface area contributed by atoms with Crippen LogP contribution in [0.4, 0.5) is 0 Å². The van der Waals surface area contributed by atoms with E-state index in [0.29, 0.717) is 0 Å². The van der Waals surface area contributed by atoms with Crippen LogP contribution in [-0.4, -0.2) is 6.29 Å². The van der Waals surface area contributed by atoms with Gasteiger partial charge in [-0.3, -0.25) is 4.79 Å². The standard InChI is InChI=1S/C19H22OS/c1-18(2)7-8-19(3,4)17-10-13(5-6-16(17)18)14-9-15(11-20)21-12-14/h5-6,9-12H,7-8H2,1-4H3. The van der Waals surface area contributed by atoms with Crippen LogP contribution in [0.25, 0.3) is 11.1 Å². The number of thiophene rings is 1. The first kappa shape index (κ1) is 14.5. The maximum atomic E-state index is 10.9. The molecule has 0 radical (unpaired) electrons. The lowest BCUT2D eigenvalue weighted by Gasteiger charge is -2.42. The molecule has 21 heavy (non-hydrogen) atoms. The number of rotatable bonds is 2. The topological polar surface area (TPSA) is 17.1 Å². The highest BCUT2D eigenvalue weighted by molar-refractivity contribution is 7.12. The lowest BCUT2D eigenvalue weighted by atomic mass is 9.63. The molecule has 0 atom stereocenters. The van der Waals surface area contributed by atoms with Crippen LogP contribution in [0.3, 0.4) is 0 Å². The molecule has 1 aromatic carbocycles. The molecule has 0 aliphatic heterocycles. The number of benzene rings is 1. The average molecular weight is 298 g/mol. The predicted molar refractivity (Wildman–Crippen MR) is 90.4 cm³/mol. The number of carbonyl (C=O) groups is 1. The van der Waals surface area contributed by atoms with Crippen LogP contribution in [0.15, 0.2) is 29.6 Å². The molecular weight excluding hydrogens is 276 g/mol. The molecule has 0 saturated heterocycles. The van der Waals surface area contributed by atoms with Gasteiger partial charge < -0.3 is 0 Å². The fourth-order valence-electron chi connectivity index (χ4n) is 3.33. The van der Waals surface area contributed by atoms with Crippen LogP contribution in [0.2, 0.25) is 0 Å². The van der Waals surface area contributed by atoms with Crippen molar-refractivity contribution >= 4 is 17.6 Å². The molecule has 1 aliphatic rings. The minimum Gasteiger partial charge on any atom is -0.297 e. The Balaban J connectivity index is 2.13. The van der Waals surface area contributed by atoms with Crippen molar-refractivity contribution in [3.63, 3.8) is 0 Å². The van der Waals surface area contributed by atoms with E-state index in [9.17, 15) is 4.79 Å². The van der Waals surface area contributed by atoms with Gasteiger partial charge in [-0.05, 0) is 57.4 Å². The summed E-state index contributed by atoms with van der Waals surface area (Å²) in [6.07, 6.45) is 3.39. The van der Waals surface area contributed by atoms with E-state index in [2.05, 4.69) is 51.3 Å². The van der Waals surface area contributed by atoms with Gasteiger partial charge in [0.05, 0.1) is 4.88 Å². The lowest BCUT2D eigenvalue weighted by Crippen LogP contribution is -2.33. The Morgan fingerprint density at radius 1 is 0.952 bits per heavy atom. The number of hydrogen-bond donors (Lipinski definition) is 0. The first-order valence-corrected chi connectivity index (χ1v) is 8.41. The molecule has 1 aliphatic carbocycles. The van der Waals surface area contributed by atoms with Gasteiger partial charge in [-0.1, -0.05) is 45.9 Å². The van der Waals surface area contributed by atoms with Crippen molar-refractivity contribution < 1.29 is 4.79 Å². The van der Waals surface area contributed by atoms with E-state index in [4.69, 9.17) is 0 Å². The van der Waals surface area contributed by atoms with Gasteiger partial charge in [0.25, 0.3) is 0 Å². The third-order valence-corrected chi connectivity index (χ3v) is 5.78. The van der Waals surface area contributed by atoms with Crippen molar-refractivity contribution in [1.29, 1.82) is 0 Å². The molecular formula is C19H22OS. The van der Waals surface area contributed by atoms with Crippen molar-refractivity contribution in [2.75, 3.05) is 0 Å². The minimum atomic E-state index is 0.227. The van der Waals surface area contributed by atoms with Gasteiger partial charge in [-0.2, -0.15) is 0 Å². The Hall–Kier alpha value is -1.41. The minimum absolute atomic E-state index is 0.227. The van der Waals surface area contributed by atoms with E-state index in [-0.39, 0.29) is 10.8 Å². The van der Waals surface area contributed by atoms with Gasteiger partial charge in [0, 0.05) is 0 Å². The van der Waals surface area contributed by atoms with Gasteiger partial charge in [-0.25, -0.2) is 0 Å².